The van der Waals surface area contributed by atoms with Crippen molar-refractivity contribution in [3.63, 3.8) is 0 Å². The van der Waals surface area contributed by atoms with Gasteiger partial charge in [-0.2, -0.15) is 5.10 Å². The standard InChI is InChI=1S/C12H12N4O/c1-8-6-7-16(14-8)10-5-3-4-9-11(10)15(2)12(17)13-9/h3-7H,1-2H3,(H,13,17). The SMILES string of the molecule is Cc1ccn(-c2cccc3[nH]c(=O)n(C)c23)n1. The maximum Gasteiger partial charge on any atom is 0.326 e. The molecule has 0 amide bonds. The highest BCUT2D eigenvalue weighted by atomic mass is 16.1. The lowest BCUT2D eigenvalue weighted by Gasteiger charge is -2.04. The van der Waals surface area contributed by atoms with Gasteiger partial charge in [0, 0.05) is 13.2 Å². The summed E-state index contributed by atoms with van der Waals surface area (Å²) in [5, 5.41) is 4.37. The van der Waals surface area contributed by atoms with Crippen molar-refractivity contribution in [2.24, 2.45) is 7.05 Å². The highest BCUT2D eigenvalue weighted by molar-refractivity contribution is 5.84. The van der Waals surface area contributed by atoms with E-state index in [9.17, 15) is 4.79 Å². The number of para-hydroxylation sites is 1. The summed E-state index contributed by atoms with van der Waals surface area (Å²) in [5.74, 6) is 0. The third-order valence-electron chi connectivity index (χ3n) is 2.87. The van der Waals surface area contributed by atoms with E-state index in [1.54, 1.807) is 16.3 Å². The smallest absolute Gasteiger partial charge is 0.305 e. The van der Waals surface area contributed by atoms with Crippen LogP contribution in [0.5, 0.6) is 0 Å². The molecule has 0 radical (unpaired) electrons. The van der Waals surface area contributed by atoms with E-state index in [2.05, 4.69) is 10.1 Å². The number of aromatic nitrogens is 4. The molecule has 0 bridgehead atoms. The Morgan fingerprint density at radius 3 is 2.82 bits per heavy atom. The quantitative estimate of drug-likeness (QED) is 0.683. The summed E-state index contributed by atoms with van der Waals surface area (Å²) in [6.45, 7) is 1.94. The molecule has 5 heteroatoms. The van der Waals surface area contributed by atoms with E-state index in [4.69, 9.17) is 0 Å². The number of imidazole rings is 1. The van der Waals surface area contributed by atoms with Gasteiger partial charge >= 0.3 is 5.69 Å². The molecular weight excluding hydrogens is 216 g/mol. The van der Waals surface area contributed by atoms with Crippen LogP contribution in [0.1, 0.15) is 5.69 Å². The van der Waals surface area contributed by atoms with Gasteiger partial charge in [-0.3, -0.25) is 4.57 Å². The molecule has 86 valence electrons. The number of hydrogen-bond donors (Lipinski definition) is 1. The number of H-pyrrole nitrogens is 1. The van der Waals surface area contributed by atoms with Crippen molar-refractivity contribution >= 4 is 11.0 Å². The average molecular weight is 228 g/mol. The van der Waals surface area contributed by atoms with Crippen molar-refractivity contribution in [2.45, 2.75) is 6.92 Å². The molecule has 0 spiro atoms. The molecule has 0 unspecified atom stereocenters. The summed E-state index contributed by atoms with van der Waals surface area (Å²) in [6, 6.07) is 7.67. The molecule has 3 aromatic rings. The second-order valence-electron chi connectivity index (χ2n) is 4.06. The fourth-order valence-electron chi connectivity index (χ4n) is 2.02. The van der Waals surface area contributed by atoms with Gasteiger partial charge in [-0.25, -0.2) is 9.48 Å². The van der Waals surface area contributed by atoms with Crippen LogP contribution in [-0.4, -0.2) is 19.3 Å². The molecule has 0 aliphatic rings. The Morgan fingerprint density at radius 1 is 1.29 bits per heavy atom. The van der Waals surface area contributed by atoms with Gasteiger partial charge in [0.1, 0.15) is 0 Å². The zero-order valence-corrected chi connectivity index (χ0v) is 9.64. The number of rotatable bonds is 1. The second-order valence-corrected chi connectivity index (χ2v) is 4.06. The highest BCUT2D eigenvalue weighted by Gasteiger charge is 2.09. The Morgan fingerprint density at radius 2 is 2.12 bits per heavy atom. The molecule has 1 N–H and O–H groups in total. The van der Waals surface area contributed by atoms with Crippen molar-refractivity contribution < 1.29 is 0 Å². The number of hydrogen-bond acceptors (Lipinski definition) is 2. The van der Waals surface area contributed by atoms with Crippen molar-refractivity contribution in [1.29, 1.82) is 0 Å². The van der Waals surface area contributed by atoms with E-state index in [0.717, 1.165) is 22.4 Å². The largest absolute Gasteiger partial charge is 0.326 e. The molecule has 0 aliphatic heterocycles. The Balaban J connectivity index is 2.40. The molecule has 0 aliphatic carbocycles. The summed E-state index contributed by atoms with van der Waals surface area (Å²) < 4.78 is 3.38. The van der Waals surface area contributed by atoms with Crippen molar-refractivity contribution in [1.82, 2.24) is 19.3 Å². The molecule has 2 heterocycles. The molecular formula is C12H12N4O. The lowest BCUT2D eigenvalue weighted by molar-refractivity contribution is 0.844. The van der Waals surface area contributed by atoms with Crippen LogP contribution < -0.4 is 5.69 Å². The maximum absolute atomic E-state index is 11.6. The van der Waals surface area contributed by atoms with Crippen LogP contribution in [0.2, 0.25) is 0 Å². The lowest BCUT2D eigenvalue weighted by atomic mass is 10.2. The predicted molar refractivity (Wildman–Crippen MR) is 65.4 cm³/mol. The number of fused-ring (bicyclic) bond motifs is 1. The molecule has 0 fully saturated rings. The molecule has 5 nitrogen and oxygen atoms in total. The zero-order chi connectivity index (χ0) is 12.0. The molecule has 0 atom stereocenters. The lowest BCUT2D eigenvalue weighted by Crippen LogP contribution is -2.12. The molecule has 0 saturated carbocycles. The van der Waals surface area contributed by atoms with E-state index in [0.29, 0.717) is 0 Å². The van der Waals surface area contributed by atoms with Crippen LogP contribution in [0.4, 0.5) is 0 Å². The predicted octanol–water partition coefficient (Wildman–Crippen LogP) is 1.36. The maximum atomic E-state index is 11.6. The van der Waals surface area contributed by atoms with Gasteiger partial charge in [0.25, 0.3) is 0 Å². The fourth-order valence-corrected chi connectivity index (χ4v) is 2.02. The van der Waals surface area contributed by atoms with Gasteiger partial charge in [-0.05, 0) is 25.1 Å². The number of aryl methyl sites for hydroxylation is 2. The first-order valence-electron chi connectivity index (χ1n) is 5.37. The van der Waals surface area contributed by atoms with Crippen LogP contribution in [0.15, 0.2) is 35.3 Å². The summed E-state index contributed by atoms with van der Waals surface area (Å²) in [5.41, 5.74) is 3.42. The minimum Gasteiger partial charge on any atom is -0.305 e. The van der Waals surface area contributed by atoms with Gasteiger partial charge in [0.05, 0.1) is 22.4 Å². The van der Waals surface area contributed by atoms with Crippen molar-refractivity contribution in [3.05, 3.63) is 46.6 Å². The molecule has 0 saturated heterocycles. The van der Waals surface area contributed by atoms with E-state index in [1.807, 2.05) is 37.4 Å². The van der Waals surface area contributed by atoms with Crippen molar-refractivity contribution in [2.75, 3.05) is 0 Å². The normalized spacial score (nSPS) is 11.2. The number of nitrogens with zero attached hydrogens (tertiary/aromatic N) is 3. The van der Waals surface area contributed by atoms with Gasteiger partial charge in [0.2, 0.25) is 0 Å². The average Bonchev–Trinajstić information content (AvgIpc) is 2.85. The first-order chi connectivity index (χ1) is 8.16. The molecule has 3 rings (SSSR count). The number of aromatic amines is 1. The molecule has 17 heavy (non-hydrogen) atoms. The van der Waals surface area contributed by atoms with Crippen LogP contribution in [0, 0.1) is 6.92 Å². The first kappa shape index (κ1) is 9.89. The summed E-state index contributed by atoms with van der Waals surface area (Å²) in [6.07, 6.45) is 1.89. The summed E-state index contributed by atoms with van der Waals surface area (Å²) in [7, 11) is 1.75. The topological polar surface area (TPSA) is 55.6 Å². The van der Waals surface area contributed by atoms with Crippen molar-refractivity contribution in [3.8, 4) is 5.69 Å². The summed E-state index contributed by atoms with van der Waals surface area (Å²) in [4.78, 5) is 14.4. The minimum atomic E-state index is -0.115. The highest BCUT2D eigenvalue weighted by Crippen LogP contribution is 2.18. The van der Waals surface area contributed by atoms with Crippen LogP contribution in [0.25, 0.3) is 16.7 Å². The van der Waals surface area contributed by atoms with Gasteiger partial charge in [-0.15, -0.1) is 0 Å². The van der Waals surface area contributed by atoms with Crippen LogP contribution >= 0.6 is 0 Å². The van der Waals surface area contributed by atoms with Crippen LogP contribution in [-0.2, 0) is 7.05 Å². The minimum absolute atomic E-state index is 0.115. The Kier molecular flexibility index (Phi) is 1.95. The third kappa shape index (κ3) is 1.39. The van der Waals surface area contributed by atoms with Crippen LogP contribution in [0.3, 0.4) is 0 Å². The Bertz CT molecular complexity index is 747. The first-order valence-corrected chi connectivity index (χ1v) is 5.37. The molecule has 1 aromatic carbocycles. The summed E-state index contributed by atoms with van der Waals surface area (Å²) >= 11 is 0. The van der Waals surface area contributed by atoms with E-state index in [-0.39, 0.29) is 5.69 Å². The van der Waals surface area contributed by atoms with E-state index >= 15 is 0 Å². The van der Waals surface area contributed by atoms with Gasteiger partial charge in [0.15, 0.2) is 0 Å². The number of nitrogens with one attached hydrogen (secondary N) is 1. The van der Waals surface area contributed by atoms with Gasteiger partial charge < -0.3 is 4.98 Å². The fraction of sp³-hybridized carbons (Fsp3) is 0.167. The third-order valence-corrected chi connectivity index (χ3v) is 2.87. The monoisotopic (exact) mass is 228 g/mol. The zero-order valence-electron chi connectivity index (χ0n) is 9.64. The van der Waals surface area contributed by atoms with E-state index in [1.165, 1.54) is 0 Å². The van der Waals surface area contributed by atoms with Gasteiger partial charge in [-0.1, -0.05) is 6.07 Å². The van der Waals surface area contributed by atoms with E-state index < -0.39 is 0 Å². The Labute approximate surface area is 97.3 Å². The Hall–Kier alpha value is -2.30. The number of benzene rings is 1. The second kappa shape index (κ2) is 3.35. The molecule has 2 aromatic heterocycles.